The van der Waals surface area contributed by atoms with Gasteiger partial charge in [-0.2, -0.15) is 0 Å². The van der Waals surface area contributed by atoms with Gasteiger partial charge in [0.15, 0.2) is 11.6 Å². The van der Waals surface area contributed by atoms with Crippen LogP contribution in [0.3, 0.4) is 0 Å². The number of nitrogens with one attached hydrogen (secondary N) is 2. The Morgan fingerprint density at radius 1 is 1.28 bits per heavy atom. The quantitative estimate of drug-likeness (QED) is 0.851. The molecule has 2 N–H and O–H groups in total. The van der Waals surface area contributed by atoms with Crippen molar-refractivity contribution in [1.82, 2.24) is 10.6 Å². The molecular formula is C14H24F2N2. The SMILES string of the molecule is CC.CN[C@@H]1CCN[C@H](c2ccc(F)c(F)c2)C1.[HH]. The van der Waals surface area contributed by atoms with Gasteiger partial charge in [-0.1, -0.05) is 19.9 Å². The molecule has 0 radical (unpaired) electrons. The molecule has 0 unspecified atom stereocenters. The van der Waals surface area contributed by atoms with Crippen LogP contribution in [0.25, 0.3) is 0 Å². The predicted molar refractivity (Wildman–Crippen MR) is 72.6 cm³/mol. The second kappa shape index (κ2) is 7.44. The molecule has 104 valence electrons. The molecular weight excluding hydrogens is 234 g/mol. The predicted octanol–water partition coefficient (Wildman–Crippen LogP) is 3.25. The van der Waals surface area contributed by atoms with Crippen molar-refractivity contribution in [3.63, 3.8) is 0 Å². The van der Waals surface area contributed by atoms with Crippen molar-refractivity contribution < 1.29 is 10.2 Å². The Morgan fingerprint density at radius 3 is 2.61 bits per heavy atom. The van der Waals surface area contributed by atoms with E-state index < -0.39 is 11.6 Å². The van der Waals surface area contributed by atoms with Crippen LogP contribution in [-0.4, -0.2) is 19.6 Å². The molecule has 18 heavy (non-hydrogen) atoms. The first-order valence-electron chi connectivity index (χ1n) is 6.56. The maximum atomic E-state index is 13.1. The lowest BCUT2D eigenvalue weighted by molar-refractivity contribution is 0.336. The number of halogens is 2. The van der Waals surface area contributed by atoms with Crippen molar-refractivity contribution in [3.05, 3.63) is 35.4 Å². The van der Waals surface area contributed by atoms with Crippen molar-refractivity contribution in [1.29, 1.82) is 0 Å². The minimum atomic E-state index is -0.787. The van der Waals surface area contributed by atoms with E-state index >= 15 is 0 Å². The van der Waals surface area contributed by atoms with Crippen molar-refractivity contribution in [2.45, 2.75) is 38.8 Å². The topological polar surface area (TPSA) is 24.1 Å². The van der Waals surface area contributed by atoms with Gasteiger partial charge in [0.2, 0.25) is 0 Å². The first-order chi connectivity index (χ1) is 8.70. The van der Waals surface area contributed by atoms with Gasteiger partial charge in [-0.3, -0.25) is 0 Å². The smallest absolute Gasteiger partial charge is 0.159 e. The van der Waals surface area contributed by atoms with Crippen molar-refractivity contribution in [3.8, 4) is 0 Å². The molecule has 0 saturated carbocycles. The zero-order valence-electron chi connectivity index (χ0n) is 11.3. The van der Waals surface area contributed by atoms with E-state index in [1.165, 1.54) is 12.1 Å². The average molecular weight is 258 g/mol. The van der Waals surface area contributed by atoms with Gasteiger partial charge in [0, 0.05) is 13.5 Å². The third kappa shape index (κ3) is 3.75. The highest BCUT2D eigenvalue weighted by Crippen LogP contribution is 2.24. The first-order valence-corrected chi connectivity index (χ1v) is 6.56. The third-order valence-corrected chi connectivity index (χ3v) is 3.16. The summed E-state index contributed by atoms with van der Waals surface area (Å²) in [5.41, 5.74) is 0.818. The van der Waals surface area contributed by atoms with Crippen molar-refractivity contribution in [2.75, 3.05) is 13.6 Å². The lowest BCUT2D eigenvalue weighted by atomic mass is 9.94. The molecule has 1 aliphatic heterocycles. The minimum Gasteiger partial charge on any atom is -0.317 e. The highest BCUT2D eigenvalue weighted by Gasteiger charge is 2.22. The fourth-order valence-electron chi connectivity index (χ4n) is 2.16. The maximum absolute atomic E-state index is 13.1. The normalized spacial score (nSPS) is 23.2. The number of benzene rings is 1. The first kappa shape index (κ1) is 15.1. The van der Waals surface area contributed by atoms with Crippen LogP contribution in [0.2, 0.25) is 0 Å². The van der Waals surface area contributed by atoms with Crippen LogP contribution in [0, 0.1) is 11.6 Å². The Morgan fingerprint density at radius 2 is 2.00 bits per heavy atom. The van der Waals surface area contributed by atoms with E-state index in [9.17, 15) is 8.78 Å². The van der Waals surface area contributed by atoms with E-state index in [0.29, 0.717) is 6.04 Å². The lowest BCUT2D eigenvalue weighted by Crippen LogP contribution is -2.40. The van der Waals surface area contributed by atoms with Crippen molar-refractivity contribution >= 4 is 0 Å². The average Bonchev–Trinajstić information content (AvgIpc) is 2.44. The number of hydrogen-bond donors (Lipinski definition) is 2. The number of hydrogen-bond acceptors (Lipinski definition) is 2. The summed E-state index contributed by atoms with van der Waals surface area (Å²) in [5, 5.41) is 6.54. The molecule has 1 heterocycles. The summed E-state index contributed by atoms with van der Waals surface area (Å²) in [7, 11) is 1.93. The van der Waals surface area contributed by atoms with Crippen LogP contribution in [0.4, 0.5) is 8.78 Å². The van der Waals surface area contributed by atoms with E-state index in [4.69, 9.17) is 0 Å². The summed E-state index contributed by atoms with van der Waals surface area (Å²) in [5.74, 6) is -1.56. The molecule has 1 saturated heterocycles. The maximum Gasteiger partial charge on any atom is 0.159 e. The Labute approximate surface area is 109 Å². The molecule has 0 bridgehead atoms. The fraction of sp³-hybridized carbons (Fsp3) is 0.571. The lowest BCUT2D eigenvalue weighted by Gasteiger charge is -2.30. The highest BCUT2D eigenvalue weighted by atomic mass is 19.2. The van der Waals surface area contributed by atoms with Gasteiger partial charge in [0.05, 0.1) is 0 Å². The molecule has 1 aromatic rings. The highest BCUT2D eigenvalue weighted by molar-refractivity contribution is 5.22. The van der Waals surface area contributed by atoms with Gasteiger partial charge in [-0.05, 0) is 44.1 Å². The number of piperidine rings is 1. The summed E-state index contributed by atoms with van der Waals surface area (Å²) >= 11 is 0. The molecule has 1 fully saturated rings. The van der Waals surface area contributed by atoms with Gasteiger partial charge in [-0.25, -0.2) is 8.78 Å². The van der Waals surface area contributed by atoms with Crippen LogP contribution >= 0.6 is 0 Å². The molecule has 2 nitrogen and oxygen atoms in total. The van der Waals surface area contributed by atoms with Crippen LogP contribution in [0.5, 0.6) is 0 Å². The summed E-state index contributed by atoms with van der Waals surface area (Å²) in [6.45, 7) is 4.90. The molecule has 2 rings (SSSR count). The fourth-order valence-corrected chi connectivity index (χ4v) is 2.16. The molecule has 0 spiro atoms. The molecule has 4 heteroatoms. The molecule has 1 aliphatic rings. The Balaban J connectivity index is 0.00000103. The largest absolute Gasteiger partial charge is 0.317 e. The van der Waals surface area contributed by atoms with Crippen LogP contribution in [0.1, 0.15) is 39.7 Å². The standard InChI is InChI=1S/C12H16F2N2.C2H6.H2/c1-15-9-4-5-16-12(7-9)8-2-3-10(13)11(14)6-8;1-2;/h2-3,6,9,12,15-16H,4-5,7H2,1H3;1-2H3;1H/t9-,12+;;/m1../s1. The zero-order valence-corrected chi connectivity index (χ0v) is 11.3. The summed E-state index contributed by atoms with van der Waals surface area (Å²) in [6, 6.07) is 4.68. The van der Waals surface area contributed by atoms with Crippen molar-refractivity contribution in [2.24, 2.45) is 0 Å². The monoisotopic (exact) mass is 258 g/mol. The van der Waals surface area contributed by atoms with Gasteiger partial charge in [0.1, 0.15) is 0 Å². The Hall–Kier alpha value is -1.00. The summed E-state index contributed by atoms with van der Waals surface area (Å²) in [6.07, 6.45) is 1.97. The zero-order chi connectivity index (χ0) is 13.5. The van der Waals surface area contributed by atoms with Gasteiger partial charge >= 0.3 is 0 Å². The van der Waals surface area contributed by atoms with E-state index in [1.54, 1.807) is 6.07 Å². The molecule has 1 aromatic carbocycles. The summed E-state index contributed by atoms with van der Waals surface area (Å²) in [4.78, 5) is 0. The summed E-state index contributed by atoms with van der Waals surface area (Å²) < 4.78 is 25.9. The van der Waals surface area contributed by atoms with E-state index in [2.05, 4.69) is 10.6 Å². The van der Waals surface area contributed by atoms with Crippen LogP contribution in [0.15, 0.2) is 18.2 Å². The van der Waals surface area contributed by atoms with Crippen LogP contribution < -0.4 is 10.6 Å². The van der Waals surface area contributed by atoms with Gasteiger partial charge < -0.3 is 10.6 Å². The number of rotatable bonds is 2. The van der Waals surface area contributed by atoms with E-state index in [-0.39, 0.29) is 7.47 Å². The van der Waals surface area contributed by atoms with E-state index in [1.807, 2.05) is 20.9 Å². The van der Waals surface area contributed by atoms with E-state index in [0.717, 1.165) is 24.9 Å². The second-order valence-electron chi connectivity index (χ2n) is 4.19. The molecule has 2 atom stereocenters. The molecule has 0 amide bonds. The molecule has 0 aromatic heterocycles. The minimum absolute atomic E-state index is 0. The van der Waals surface area contributed by atoms with Gasteiger partial charge in [-0.15, -0.1) is 0 Å². The van der Waals surface area contributed by atoms with Crippen LogP contribution in [-0.2, 0) is 0 Å². The van der Waals surface area contributed by atoms with Gasteiger partial charge in [0.25, 0.3) is 0 Å². The Kier molecular flexibility index (Phi) is 6.22. The molecule has 0 aliphatic carbocycles. The Bertz CT molecular complexity index is 374. The second-order valence-corrected chi connectivity index (χ2v) is 4.19. The third-order valence-electron chi connectivity index (χ3n) is 3.16.